The van der Waals surface area contributed by atoms with E-state index < -0.39 is 0 Å². The predicted octanol–water partition coefficient (Wildman–Crippen LogP) is 2.62. The van der Waals surface area contributed by atoms with E-state index in [1.807, 2.05) is 0 Å². The molecule has 0 aromatic carbocycles. The molecule has 0 N–H and O–H groups in total. The molecule has 0 amide bonds. The highest BCUT2D eigenvalue weighted by atomic mass is 16.5. The standard InChI is InChI=1S/C10H22O2/c1-4-6-8-12-10(3)9-11-7-5-2/h10H,4-9H2,1-3H3. The van der Waals surface area contributed by atoms with Gasteiger partial charge in [0.2, 0.25) is 0 Å². The molecule has 0 heterocycles. The van der Waals surface area contributed by atoms with Gasteiger partial charge in [0.25, 0.3) is 0 Å². The molecule has 0 radical (unpaired) electrons. The summed E-state index contributed by atoms with van der Waals surface area (Å²) in [7, 11) is 0. The second kappa shape index (κ2) is 9.01. The van der Waals surface area contributed by atoms with Crippen LogP contribution in [0.2, 0.25) is 0 Å². The van der Waals surface area contributed by atoms with Gasteiger partial charge < -0.3 is 9.47 Å². The van der Waals surface area contributed by atoms with Gasteiger partial charge in [-0.05, 0) is 19.8 Å². The van der Waals surface area contributed by atoms with Crippen LogP contribution in [-0.4, -0.2) is 25.9 Å². The maximum atomic E-state index is 5.50. The summed E-state index contributed by atoms with van der Waals surface area (Å²) in [6, 6.07) is 0. The van der Waals surface area contributed by atoms with Crippen LogP contribution in [0.3, 0.4) is 0 Å². The maximum absolute atomic E-state index is 5.50. The van der Waals surface area contributed by atoms with Crippen molar-refractivity contribution in [3.8, 4) is 0 Å². The SMILES string of the molecule is CCCCOC(C)COCCC. The number of ether oxygens (including phenoxy) is 2. The molecule has 0 aliphatic rings. The fourth-order valence-electron chi connectivity index (χ4n) is 0.871. The minimum Gasteiger partial charge on any atom is -0.379 e. The molecule has 0 saturated carbocycles. The Morgan fingerprint density at radius 2 is 1.83 bits per heavy atom. The van der Waals surface area contributed by atoms with Gasteiger partial charge >= 0.3 is 0 Å². The number of unbranched alkanes of at least 4 members (excludes halogenated alkanes) is 1. The van der Waals surface area contributed by atoms with Gasteiger partial charge in [0.05, 0.1) is 12.7 Å². The molecule has 2 heteroatoms. The second-order valence-electron chi connectivity index (χ2n) is 3.11. The van der Waals surface area contributed by atoms with E-state index in [-0.39, 0.29) is 6.10 Å². The molecule has 0 spiro atoms. The molecule has 0 aromatic rings. The lowest BCUT2D eigenvalue weighted by atomic mass is 10.3. The lowest BCUT2D eigenvalue weighted by Crippen LogP contribution is -2.16. The van der Waals surface area contributed by atoms with Crippen LogP contribution < -0.4 is 0 Å². The predicted molar refractivity (Wildman–Crippen MR) is 51.4 cm³/mol. The van der Waals surface area contributed by atoms with Gasteiger partial charge in [0.1, 0.15) is 0 Å². The van der Waals surface area contributed by atoms with Gasteiger partial charge in [-0.2, -0.15) is 0 Å². The van der Waals surface area contributed by atoms with Crippen LogP contribution in [0.15, 0.2) is 0 Å². The largest absolute Gasteiger partial charge is 0.379 e. The van der Waals surface area contributed by atoms with Gasteiger partial charge in [0.15, 0.2) is 0 Å². The molecule has 12 heavy (non-hydrogen) atoms. The Kier molecular flexibility index (Phi) is 8.95. The average molecular weight is 174 g/mol. The van der Waals surface area contributed by atoms with Crippen molar-refractivity contribution in [3.05, 3.63) is 0 Å². The molecule has 1 unspecified atom stereocenters. The Balaban J connectivity index is 3.04. The highest BCUT2D eigenvalue weighted by Crippen LogP contribution is 1.96. The van der Waals surface area contributed by atoms with Crippen LogP contribution in [0.25, 0.3) is 0 Å². The fraction of sp³-hybridized carbons (Fsp3) is 1.00. The van der Waals surface area contributed by atoms with Gasteiger partial charge in [-0.1, -0.05) is 20.3 Å². The van der Waals surface area contributed by atoms with E-state index in [1.54, 1.807) is 0 Å². The van der Waals surface area contributed by atoms with Crippen LogP contribution in [-0.2, 0) is 9.47 Å². The van der Waals surface area contributed by atoms with Crippen molar-refractivity contribution in [2.24, 2.45) is 0 Å². The molecule has 0 fully saturated rings. The molecular weight excluding hydrogens is 152 g/mol. The molecule has 0 bridgehead atoms. The maximum Gasteiger partial charge on any atom is 0.0780 e. The quantitative estimate of drug-likeness (QED) is 0.527. The van der Waals surface area contributed by atoms with Crippen molar-refractivity contribution in [1.82, 2.24) is 0 Å². The Morgan fingerprint density at radius 3 is 2.42 bits per heavy atom. The first-order chi connectivity index (χ1) is 5.81. The zero-order valence-corrected chi connectivity index (χ0v) is 8.64. The zero-order valence-electron chi connectivity index (χ0n) is 8.64. The third-order valence-corrected chi connectivity index (χ3v) is 1.60. The second-order valence-corrected chi connectivity index (χ2v) is 3.11. The molecular formula is C10H22O2. The summed E-state index contributed by atoms with van der Waals surface area (Å²) in [6.45, 7) is 8.79. The average Bonchev–Trinajstić information content (AvgIpc) is 2.06. The first kappa shape index (κ1) is 11.9. The van der Waals surface area contributed by atoms with E-state index in [0.717, 1.165) is 32.7 Å². The summed E-state index contributed by atoms with van der Waals surface area (Å²) in [5.74, 6) is 0. The minimum absolute atomic E-state index is 0.253. The lowest BCUT2D eigenvalue weighted by Gasteiger charge is -2.12. The van der Waals surface area contributed by atoms with E-state index in [4.69, 9.17) is 9.47 Å². The fourth-order valence-corrected chi connectivity index (χ4v) is 0.871. The summed E-state index contributed by atoms with van der Waals surface area (Å²) in [5.41, 5.74) is 0. The van der Waals surface area contributed by atoms with Crippen molar-refractivity contribution in [1.29, 1.82) is 0 Å². The van der Waals surface area contributed by atoms with Crippen LogP contribution in [0.1, 0.15) is 40.0 Å². The van der Waals surface area contributed by atoms with Gasteiger partial charge in [-0.15, -0.1) is 0 Å². The Hall–Kier alpha value is -0.0800. The number of hydrogen-bond donors (Lipinski definition) is 0. The van der Waals surface area contributed by atoms with Crippen LogP contribution in [0.5, 0.6) is 0 Å². The Bertz CT molecular complexity index is 73.9. The van der Waals surface area contributed by atoms with Gasteiger partial charge in [-0.3, -0.25) is 0 Å². The molecule has 1 atom stereocenters. The minimum atomic E-state index is 0.253. The summed E-state index contributed by atoms with van der Waals surface area (Å²) < 4.78 is 10.9. The molecule has 0 aliphatic heterocycles. The Labute approximate surface area is 76.3 Å². The molecule has 0 aliphatic carbocycles. The first-order valence-corrected chi connectivity index (χ1v) is 5.00. The van der Waals surface area contributed by atoms with E-state index in [0.29, 0.717) is 0 Å². The summed E-state index contributed by atoms with van der Waals surface area (Å²) in [4.78, 5) is 0. The van der Waals surface area contributed by atoms with E-state index in [1.165, 1.54) is 6.42 Å². The summed E-state index contributed by atoms with van der Waals surface area (Å²) >= 11 is 0. The lowest BCUT2D eigenvalue weighted by molar-refractivity contribution is -0.00729. The van der Waals surface area contributed by atoms with Gasteiger partial charge in [0, 0.05) is 13.2 Å². The first-order valence-electron chi connectivity index (χ1n) is 5.00. The smallest absolute Gasteiger partial charge is 0.0780 e. The highest BCUT2D eigenvalue weighted by molar-refractivity contribution is 4.46. The van der Waals surface area contributed by atoms with Crippen LogP contribution >= 0.6 is 0 Å². The number of hydrogen-bond acceptors (Lipinski definition) is 2. The molecule has 0 saturated heterocycles. The van der Waals surface area contributed by atoms with Crippen molar-refractivity contribution >= 4 is 0 Å². The topological polar surface area (TPSA) is 18.5 Å². The van der Waals surface area contributed by atoms with Crippen molar-refractivity contribution in [3.63, 3.8) is 0 Å². The van der Waals surface area contributed by atoms with Crippen molar-refractivity contribution in [2.75, 3.05) is 19.8 Å². The molecule has 74 valence electrons. The van der Waals surface area contributed by atoms with E-state index in [2.05, 4.69) is 20.8 Å². The monoisotopic (exact) mass is 174 g/mol. The van der Waals surface area contributed by atoms with Crippen molar-refractivity contribution in [2.45, 2.75) is 46.1 Å². The van der Waals surface area contributed by atoms with Crippen molar-refractivity contribution < 1.29 is 9.47 Å². The van der Waals surface area contributed by atoms with E-state index >= 15 is 0 Å². The van der Waals surface area contributed by atoms with Crippen LogP contribution in [0.4, 0.5) is 0 Å². The number of rotatable bonds is 8. The normalized spacial score (nSPS) is 13.2. The zero-order chi connectivity index (χ0) is 9.23. The molecule has 0 rings (SSSR count). The van der Waals surface area contributed by atoms with Crippen LogP contribution in [0, 0.1) is 0 Å². The molecule has 2 nitrogen and oxygen atoms in total. The molecule has 0 aromatic heterocycles. The summed E-state index contributed by atoms with van der Waals surface area (Å²) in [6.07, 6.45) is 3.69. The van der Waals surface area contributed by atoms with Gasteiger partial charge in [-0.25, -0.2) is 0 Å². The third kappa shape index (κ3) is 8.02. The van der Waals surface area contributed by atoms with E-state index in [9.17, 15) is 0 Å². The highest BCUT2D eigenvalue weighted by Gasteiger charge is 2.00. The summed E-state index contributed by atoms with van der Waals surface area (Å²) in [5, 5.41) is 0. The Morgan fingerprint density at radius 1 is 1.08 bits per heavy atom. The third-order valence-electron chi connectivity index (χ3n) is 1.60.